The van der Waals surface area contributed by atoms with Crippen molar-refractivity contribution in [1.29, 1.82) is 0 Å². The van der Waals surface area contributed by atoms with Gasteiger partial charge >= 0.3 is 12.1 Å². The minimum atomic E-state index is -0.914. The standard InChI is InChI=1S/C28H23ClFN3O4/c1-17(18-6-3-2-4-7-18)37-27(36)31-25-23(30)16-33(32-25)20-12-10-19(11-13-20)21-8-5-9-22(24(21)29)28(14-15-28)26(34)35/h2-13,16-17H,14-15H2,1H3,(H,34,35)(H,31,32,36). The zero-order valence-electron chi connectivity index (χ0n) is 19.8. The molecule has 9 heteroatoms. The predicted octanol–water partition coefficient (Wildman–Crippen LogP) is 6.76. The minimum absolute atomic E-state index is 0.256. The highest BCUT2D eigenvalue weighted by atomic mass is 35.5. The molecule has 0 bridgehead atoms. The van der Waals surface area contributed by atoms with E-state index in [9.17, 15) is 19.1 Å². The second-order valence-corrected chi connectivity index (χ2v) is 9.33. The van der Waals surface area contributed by atoms with Crippen LogP contribution in [0.5, 0.6) is 0 Å². The lowest BCUT2D eigenvalue weighted by Crippen LogP contribution is -2.20. The zero-order chi connectivity index (χ0) is 26.2. The van der Waals surface area contributed by atoms with Gasteiger partial charge in [0.25, 0.3) is 0 Å². The van der Waals surface area contributed by atoms with Gasteiger partial charge in [-0.1, -0.05) is 72.3 Å². The predicted molar refractivity (Wildman–Crippen MR) is 137 cm³/mol. The number of aromatic nitrogens is 2. The van der Waals surface area contributed by atoms with Crippen LogP contribution >= 0.6 is 11.6 Å². The van der Waals surface area contributed by atoms with E-state index < -0.39 is 29.4 Å². The van der Waals surface area contributed by atoms with Gasteiger partial charge in [-0.25, -0.2) is 13.9 Å². The average Bonchev–Trinajstić information content (AvgIpc) is 3.63. The Kier molecular flexibility index (Phi) is 6.43. The molecule has 1 amide bonds. The second kappa shape index (κ2) is 9.71. The molecule has 5 rings (SSSR count). The maximum Gasteiger partial charge on any atom is 0.413 e. The van der Waals surface area contributed by atoms with Crippen molar-refractivity contribution in [3.05, 3.63) is 101 Å². The molecule has 1 aromatic heterocycles. The molecule has 37 heavy (non-hydrogen) atoms. The first kappa shape index (κ1) is 24.5. The minimum Gasteiger partial charge on any atom is -0.481 e. The van der Waals surface area contributed by atoms with Crippen molar-refractivity contribution >= 4 is 29.5 Å². The maximum atomic E-state index is 14.5. The summed E-state index contributed by atoms with van der Waals surface area (Å²) >= 11 is 6.63. The summed E-state index contributed by atoms with van der Waals surface area (Å²) in [6.07, 6.45) is 0.937. The number of halogens is 2. The van der Waals surface area contributed by atoms with Crippen molar-refractivity contribution in [2.45, 2.75) is 31.3 Å². The normalized spacial score (nSPS) is 14.6. The van der Waals surface area contributed by atoms with Crippen molar-refractivity contribution in [1.82, 2.24) is 9.78 Å². The lowest BCUT2D eigenvalue weighted by Gasteiger charge is -2.15. The molecule has 1 fully saturated rings. The van der Waals surface area contributed by atoms with Crippen LogP contribution in [0.1, 0.15) is 37.0 Å². The molecular formula is C28H23ClFN3O4. The Morgan fingerprint density at radius 2 is 1.78 bits per heavy atom. The number of anilines is 1. The number of ether oxygens (including phenoxy) is 1. The monoisotopic (exact) mass is 519 g/mol. The summed E-state index contributed by atoms with van der Waals surface area (Å²) in [5.41, 5.74) is 2.55. The summed E-state index contributed by atoms with van der Waals surface area (Å²) in [4.78, 5) is 24.0. The van der Waals surface area contributed by atoms with Gasteiger partial charge in [0.1, 0.15) is 6.10 Å². The quantitative estimate of drug-likeness (QED) is 0.281. The Balaban J connectivity index is 1.31. The van der Waals surface area contributed by atoms with Crippen molar-refractivity contribution < 1.29 is 23.8 Å². The number of carbonyl (C=O) groups is 2. The summed E-state index contributed by atoms with van der Waals surface area (Å²) in [6.45, 7) is 1.72. The Hall–Kier alpha value is -4.17. The Morgan fingerprint density at radius 1 is 1.08 bits per heavy atom. The van der Waals surface area contributed by atoms with Gasteiger partial charge in [-0.3, -0.25) is 10.1 Å². The van der Waals surface area contributed by atoms with Gasteiger partial charge < -0.3 is 9.84 Å². The number of nitrogens with one attached hydrogen (secondary N) is 1. The van der Waals surface area contributed by atoms with Crippen LogP contribution in [0.4, 0.5) is 15.0 Å². The highest BCUT2D eigenvalue weighted by molar-refractivity contribution is 6.34. The van der Waals surface area contributed by atoms with Gasteiger partial charge in [0.2, 0.25) is 0 Å². The van der Waals surface area contributed by atoms with Gasteiger partial charge in [0.05, 0.1) is 22.3 Å². The van der Waals surface area contributed by atoms with E-state index in [1.165, 1.54) is 4.68 Å². The van der Waals surface area contributed by atoms with E-state index in [0.717, 1.165) is 17.3 Å². The fourth-order valence-electron chi connectivity index (χ4n) is 4.29. The molecule has 3 aromatic carbocycles. The second-order valence-electron chi connectivity index (χ2n) is 8.95. The van der Waals surface area contributed by atoms with Crippen molar-refractivity contribution in [2.24, 2.45) is 0 Å². The molecule has 1 saturated carbocycles. The van der Waals surface area contributed by atoms with E-state index in [1.807, 2.05) is 36.4 Å². The molecule has 1 heterocycles. The Labute approximate surface area is 217 Å². The van der Waals surface area contributed by atoms with Gasteiger partial charge in [-0.05, 0) is 48.6 Å². The lowest BCUT2D eigenvalue weighted by molar-refractivity contribution is -0.140. The first-order chi connectivity index (χ1) is 17.8. The number of nitrogens with zero attached hydrogens (tertiary/aromatic N) is 2. The summed E-state index contributed by atoms with van der Waals surface area (Å²) in [6, 6.07) is 21.6. The molecule has 4 aromatic rings. The topological polar surface area (TPSA) is 93.5 Å². The summed E-state index contributed by atoms with van der Waals surface area (Å²) in [5.74, 6) is -1.84. The lowest BCUT2D eigenvalue weighted by atomic mass is 9.92. The first-order valence-electron chi connectivity index (χ1n) is 11.7. The number of amides is 1. The van der Waals surface area contributed by atoms with Gasteiger partial charge in [0, 0.05) is 5.56 Å². The van der Waals surface area contributed by atoms with Crippen LogP contribution in [-0.4, -0.2) is 26.9 Å². The number of carboxylic acids is 1. The van der Waals surface area contributed by atoms with Gasteiger partial charge in [0.15, 0.2) is 11.6 Å². The van der Waals surface area contributed by atoms with Crippen LogP contribution in [0.2, 0.25) is 5.02 Å². The van der Waals surface area contributed by atoms with E-state index in [-0.39, 0.29) is 5.82 Å². The summed E-state index contributed by atoms with van der Waals surface area (Å²) in [7, 11) is 0. The number of rotatable bonds is 7. The van der Waals surface area contributed by atoms with Crippen LogP contribution in [0.15, 0.2) is 79.0 Å². The molecule has 2 N–H and O–H groups in total. The van der Waals surface area contributed by atoms with E-state index in [2.05, 4.69) is 10.4 Å². The van der Waals surface area contributed by atoms with E-state index in [0.29, 0.717) is 34.7 Å². The first-order valence-corrected chi connectivity index (χ1v) is 12.1. The van der Waals surface area contributed by atoms with Crippen LogP contribution in [-0.2, 0) is 14.9 Å². The molecule has 1 aliphatic rings. The Bertz CT molecular complexity index is 1470. The third kappa shape index (κ3) is 4.80. The van der Waals surface area contributed by atoms with Gasteiger partial charge in [-0.15, -0.1) is 5.10 Å². The smallest absolute Gasteiger partial charge is 0.413 e. The molecule has 188 valence electrons. The van der Waals surface area contributed by atoms with Crippen molar-refractivity contribution in [3.8, 4) is 16.8 Å². The number of benzene rings is 3. The van der Waals surface area contributed by atoms with E-state index in [4.69, 9.17) is 16.3 Å². The van der Waals surface area contributed by atoms with Crippen LogP contribution < -0.4 is 5.32 Å². The summed E-state index contributed by atoms with van der Waals surface area (Å²) < 4.78 is 21.1. The van der Waals surface area contributed by atoms with Gasteiger partial charge in [-0.2, -0.15) is 0 Å². The molecule has 1 aliphatic carbocycles. The van der Waals surface area contributed by atoms with E-state index >= 15 is 0 Å². The number of hydrogen-bond acceptors (Lipinski definition) is 4. The molecular weight excluding hydrogens is 497 g/mol. The fraction of sp³-hybridized carbons (Fsp3) is 0.179. The number of carboxylic acid groups (broad SMARTS) is 1. The summed E-state index contributed by atoms with van der Waals surface area (Å²) in [5, 5.41) is 16.5. The number of hydrogen-bond donors (Lipinski definition) is 2. The third-order valence-electron chi connectivity index (χ3n) is 6.56. The van der Waals surface area contributed by atoms with Crippen molar-refractivity contribution in [3.63, 3.8) is 0 Å². The number of aliphatic carboxylic acids is 1. The molecule has 1 atom stereocenters. The van der Waals surface area contributed by atoms with E-state index in [1.54, 1.807) is 43.3 Å². The van der Waals surface area contributed by atoms with Crippen molar-refractivity contribution in [2.75, 3.05) is 5.32 Å². The number of carbonyl (C=O) groups excluding carboxylic acids is 1. The van der Waals surface area contributed by atoms with Crippen LogP contribution in [0, 0.1) is 5.82 Å². The highest BCUT2D eigenvalue weighted by Gasteiger charge is 2.53. The third-order valence-corrected chi connectivity index (χ3v) is 6.97. The molecule has 0 aliphatic heterocycles. The molecule has 0 spiro atoms. The average molecular weight is 520 g/mol. The van der Waals surface area contributed by atoms with Crippen LogP contribution in [0.25, 0.3) is 16.8 Å². The maximum absolute atomic E-state index is 14.5. The molecule has 1 unspecified atom stereocenters. The zero-order valence-corrected chi connectivity index (χ0v) is 20.6. The molecule has 7 nitrogen and oxygen atoms in total. The highest BCUT2D eigenvalue weighted by Crippen LogP contribution is 2.52. The SMILES string of the molecule is CC(OC(=O)Nc1nn(-c2ccc(-c3cccc(C4(C(=O)O)CC4)c3Cl)cc2)cc1F)c1ccccc1. The van der Waals surface area contributed by atoms with Crippen LogP contribution in [0.3, 0.4) is 0 Å². The largest absolute Gasteiger partial charge is 0.481 e. The molecule has 0 radical (unpaired) electrons. The molecule has 0 saturated heterocycles. The fourth-order valence-corrected chi connectivity index (χ4v) is 4.71. The Morgan fingerprint density at radius 3 is 2.43 bits per heavy atom.